The zero-order valence-electron chi connectivity index (χ0n) is 15.6. The Morgan fingerprint density at radius 3 is 2.64 bits per heavy atom. The molecule has 0 aliphatic carbocycles. The van der Waals surface area contributed by atoms with E-state index in [2.05, 4.69) is 51.2 Å². The molecule has 0 atom stereocenters. The first kappa shape index (κ1) is 18.8. The number of rotatable bonds is 8. The van der Waals surface area contributed by atoms with Gasteiger partial charge < -0.3 is 19.9 Å². The molecule has 0 amide bonds. The lowest BCUT2D eigenvalue weighted by Crippen LogP contribution is -2.38. The van der Waals surface area contributed by atoms with Crippen LogP contribution >= 0.6 is 0 Å². The molecule has 6 heteroatoms. The summed E-state index contributed by atoms with van der Waals surface area (Å²) in [5.74, 6) is 3.28. The number of hydrogen-bond donors (Lipinski definition) is 2. The lowest BCUT2D eigenvalue weighted by atomic mass is 10.1. The molecule has 25 heavy (non-hydrogen) atoms. The molecule has 0 bridgehead atoms. The Labute approximate surface area is 150 Å². The molecule has 0 radical (unpaired) electrons. The van der Waals surface area contributed by atoms with Crippen LogP contribution in [0.1, 0.15) is 25.2 Å². The van der Waals surface area contributed by atoms with E-state index in [1.807, 2.05) is 24.5 Å². The highest BCUT2D eigenvalue weighted by Crippen LogP contribution is 2.11. The molecule has 0 aliphatic heterocycles. The number of benzene rings is 1. The van der Waals surface area contributed by atoms with E-state index in [9.17, 15) is 0 Å². The van der Waals surface area contributed by atoms with Gasteiger partial charge in [0.2, 0.25) is 0 Å². The SMILES string of the molecule is CN=C(NCCc1ccc(OC)cc1)NCc1nccn1CC(C)C. The van der Waals surface area contributed by atoms with Crippen molar-refractivity contribution in [3.8, 4) is 5.75 Å². The van der Waals surface area contributed by atoms with Crippen LogP contribution in [0.4, 0.5) is 0 Å². The summed E-state index contributed by atoms with van der Waals surface area (Å²) in [6.45, 7) is 6.85. The van der Waals surface area contributed by atoms with Gasteiger partial charge >= 0.3 is 0 Å². The second-order valence-corrected chi connectivity index (χ2v) is 6.34. The van der Waals surface area contributed by atoms with Crippen molar-refractivity contribution in [2.75, 3.05) is 20.7 Å². The van der Waals surface area contributed by atoms with Crippen LogP contribution in [0.5, 0.6) is 5.75 Å². The first-order valence-electron chi connectivity index (χ1n) is 8.69. The van der Waals surface area contributed by atoms with E-state index in [1.165, 1.54) is 5.56 Å². The Hall–Kier alpha value is -2.50. The molecule has 0 aliphatic rings. The molecule has 1 aromatic carbocycles. The summed E-state index contributed by atoms with van der Waals surface area (Å²) in [6.07, 6.45) is 4.79. The number of nitrogens with zero attached hydrogens (tertiary/aromatic N) is 3. The minimum Gasteiger partial charge on any atom is -0.497 e. The molecule has 6 nitrogen and oxygen atoms in total. The van der Waals surface area contributed by atoms with E-state index in [1.54, 1.807) is 14.2 Å². The number of guanidine groups is 1. The van der Waals surface area contributed by atoms with Crippen LogP contribution in [0.25, 0.3) is 0 Å². The van der Waals surface area contributed by atoms with Crippen molar-refractivity contribution in [2.24, 2.45) is 10.9 Å². The maximum atomic E-state index is 5.18. The lowest BCUT2D eigenvalue weighted by Gasteiger charge is -2.14. The second kappa shape index (κ2) is 9.71. The third kappa shape index (κ3) is 6.14. The van der Waals surface area contributed by atoms with Crippen molar-refractivity contribution in [1.82, 2.24) is 20.2 Å². The van der Waals surface area contributed by atoms with E-state index < -0.39 is 0 Å². The van der Waals surface area contributed by atoms with Crippen LogP contribution < -0.4 is 15.4 Å². The quantitative estimate of drug-likeness (QED) is 0.571. The molecule has 0 fully saturated rings. The Balaban J connectivity index is 1.78. The van der Waals surface area contributed by atoms with Gasteiger partial charge in [-0.25, -0.2) is 4.98 Å². The van der Waals surface area contributed by atoms with E-state index in [4.69, 9.17) is 4.74 Å². The number of aliphatic imine (C=N–C) groups is 1. The van der Waals surface area contributed by atoms with Gasteiger partial charge in [-0.2, -0.15) is 0 Å². The topological polar surface area (TPSA) is 63.5 Å². The maximum Gasteiger partial charge on any atom is 0.191 e. The number of methoxy groups -OCH3 is 1. The smallest absolute Gasteiger partial charge is 0.191 e. The fourth-order valence-corrected chi connectivity index (χ4v) is 2.57. The first-order chi connectivity index (χ1) is 12.1. The van der Waals surface area contributed by atoms with E-state index in [0.29, 0.717) is 12.5 Å². The number of nitrogens with one attached hydrogen (secondary N) is 2. The predicted molar refractivity (Wildman–Crippen MR) is 102 cm³/mol. The summed E-state index contributed by atoms with van der Waals surface area (Å²) in [7, 11) is 3.46. The van der Waals surface area contributed by atoms with E-state index >= 15 is 0 Å². The van der Waals surface area contributed by atoms with Gasteiger partial charge in [-0.1, -0.05) is 26.0 Å². The number of imidazole rings is 1. The fraction of sp³-hybridized carbons (Fsp3) is 0.474. The molecule has 2 N–H and O–H groups in total. The first-order valence-corrected chi connectivity index (χ1v) is 8.69. The van der Waals surface area contributed by atoms with Crippen molar-refractivity contribution in [1.29, 1.82) is 0 Å². The van der Waals surface area contributed by atoms with E-state index in [-0.39, 0.29) is 0 Å². The zero-order chi connectivity index (χ0) is 18.1. The van der Waals surface area contributed by atoms with Gasteiger partial charge in [0.1, 0.15) is 11.6 Å². The van der Waals surface area contributed by atoms with Crippen LogP contribution in [0.15, 0.2) is 41.7 Å². The molecule has 0 saturated carbocycles. The molecule has 0 saturated heterocycles. The molecule has 136 valence electrons. The third-order valence-corrected chi connectivity index (χ3v) is 3.87. The van der Waals surface area contributed by atoms with Crippen molar-refractivity contribution in [2.45, 2.75) is 33.4 Å². The van der Waals surface area contributed by atoms with E-state index in [0.717, 1.165) is 37.0 Å². The Bertz CT molecular complexity index is 661. The zero-order valence-corrected chi connectivity index (χ0v) is 15.6. The summed E-state index contributed by atoms with van der Waals surface area (Å²) in [6, 6.07) is 8.13. The summed E-state index contributed by atoms with van der Waals surface area (Å²) in [5.41, 5.74) is 1.26. The minimum atomic E-state index is 0.592. The normalized spacial score (nSPS) is 11.6. The molecular formula is C19H29N5O. The molecule has 1 aromatic heterocycles. The Morgan fingerprint density at radius 1 is 1.24 bits per heavy atom. The average Bonchev–Trinajstić information content (AvgIpc) is 3.04. The van der Waals surface area contributed by atoms with Gasteiger partial charge in [-0.15, -0.1) is 0 Å². The fourth-order valence-electron chi connectivity index (χ4n) is 2.57. The van der Waals surface area contributed by atoms with Gasteiger partial charge in [-0.3, -0.25) is 4.99 Å². The van der Waals surface area contributed by atoms with Crippen molar-refractivity contribution in [3.05, 3.63) is 48.0 Å². The third-order valence-electron chi connectivity index (χ3n) is 3.87. The van der Waals surface area contributed by atoms with Crippen molar-refractivity contribution in [3.63, 3.8) is 0 Å². The van der Waals surface area contributed by atoms with Gasteiger partial charge in [-0.05, 0) is 30.0 Å². The standard InChI is InChI=1S/C19H29N5O/c1-15(2)14-24-12-11-21-18(24)13-23-19(20-3)22-10-9-16-5-7-17(25-4)8-6-16/h5-8,11-12,15H,9-10,13-14H2,1-4H3,(H2,20,22,23). The predicted octanol–water partition coefficient (Wildman–Crippen LogP) is 2.46. The summed E-state index contributed by atoms with van der Waals surface area (Å²) in [5, 5.41) is 6.67. The summed E-state index contributed by atoms with van der Waals surface area (Å²) < 4.78 is 7.36. The highest BCUT2D eigenvalue weighted by molar-refractivity contribution is 5.79. The van der Waals surface area contributed by atoms with Gasteiger partial charge in [0.25, 0.3) is 0 Å². The molecule has 2 rings (SSSR count). The van der Waals surface area contributed by atoms with Crippen LogP contribution in [0.3, 0.4) is 0 Å². The van der Waals surface area contributed by atoms with Crippen LogP contribution in [-0.4, -0.2) is 36.2 Å². The molecule has 2 aromatic rings. The molecule has 1 heterocycles. The van der Waals surface area contributed by atoms with Gasteiger partial charge in [0, 0.05) is 32.5 Å². The lowest BCUT2D eigenvalue weighted by molar-refractivity contribution is 0.414. The number of aromatic nitrogens is 2. The van der Waals surface area contributed by atoms with Crippen molar-refractivity contribution >= 4 is 5.96 Å². The second-order valence-electron chi connectivity index (χ2n) is 6.34. The van der Waals surface area contributed by atoms with Crippen LogP contribution in [0.2, 0.25) is 0 Å². The molecule has 0 spiro atoms. The summed E-state index contributed by atoms with van der Waals surface area (Å²) in [4.78, 5) is 8.70. The molecular weight excluding hydrogens is 314 g/mol. The highest BCUT2D eigenvalue weighted by Gasteiger charge is 2.06. The monoisotopic (exact) mass is 343 g/mol. The number of hydrogen-bond acceptors (Lipinski definition) is 3. The summed E-state index contributed by atoms with van der Waals surface area (Å²) >= 11 is 0. The van der Waals surface area contributed by atoms with Gasteiger partial charge in [0.15, 0.2) is 5.96 Å². The number of ether oxygens (including phenoxy) is 1. The Morgan fingerprint density at radius 2 is 2.00 bits per heavy atom. The average molecular weight is 343 g/mol. The maximum absolute atomic E-state index is 5.18. The Kier molecular flexibility index (Phi) is 7.32. The highest BCUT2D eigenvalue weighted by atomic mass is 16.5. The van der Waals surface area contributed by atoms with Crippen LogP contribution in [0, 0.1) is 5.92 Å². The van der Waals surface area contributed by atoms with Crippen molar-refractivity contribution < 1.29 is 4.74 Å². The molecule has 0 unspecified atom stereocenters. The van der Waals surface area contributed by atoms with Gasteiger partial charge in [0.05, 0.1) is 13.7 Å². The minimum absolute atomic E-state index is 0.592. The largest absolute Gasteiger partial charge is 0.497 e. The van der Waals surface area contributed by atoms with Crippen LogP contribution in [-0.2, 0) is 19.5 Å².